The first kappa shape index (κ1) is 17.1. The van der Waals surface area contributed by atoms with Crippen molar-refractivity contribution in [1.29, 1.82) is 0 Å². The summed E-state index contributed by atoms with van der Waals surface area (Å²) in [4.78, 5) is 14.4. The molecule has 1 atom stereocenters. The zero-order valence-corrected chi connectivity index (χ0v) is 14.1. The summed E-state index contributed by atoms with van der Waals surface area (Å²) in [6.07, 6.45) is 1.93. The molecular formula is C18H24F2N2O2. The van der Waals surface area contributed by atoms with Crippen molar-refractivity contribution in [3.05, 3.63) is 35.4 Å². The molecule has 1 aliphatic heterocycles. The van der Waals surface area contributed by atoms with E-state index in [0.29, 0.717) is 38.8 Å². The van der Waals surface area contributed by atoms with E-state index in [0.717, 1.165) is 12.1 Å². The van der Waals surface area contributed by atoms with E-state index in [2.05, 4.69) is 5.32 Å². The third-order valence-corrected chi connectivity index (χ3v) is 4.97. The molecule has 4 nitrogen and oxygen atoms in total. The summed E-state index contributed by atoms with van der Waals surface area (Å²) in [7, 11) is 0. The highest BCUT2D eigenvalue weighted by atomic mass is 19.1. The zero-order valence-electron chi connectivity index (χ0n) is 14.1. The van der Waals surface area contributed by atoms with E-state index < -0.39 is 23.3 Å². The molecule has 0 bridgehead atoms. The molecule has 2 fully saturated rings. The summed E-state index contributed by atoms with van der Waals surface area (Å²) in [5.74, 6) is -1.01. The number of halogens is 2. The van der Waals surface area contributed by atoms with Crippen molar-refractivity contribution in [3.63, 3.8) is 0 Å². The Morgan fingerprint density at radius 1 is 1.33 bits per heavy atom. The fourth-order valence-electron chi connectivity index (χ4n) is 3.61. The van der Waals surface area contributed by atoms with Crippen LogP contribution in [-0.4, -0.2) is 35.2 Å². The lowest BCUT2D eigenvalue weighted by Gasteiger charge is -2.31. The van der Waals surface area contributed by atoms with Crippen molar-refractivity contribution in [3.8, 4) is 0 Å². The molecule has 132 valence electrons. The Balaban J connectivity index is 1.75. The van der Waals surface area contributed by atoms with Gasteiger partial charge in [-0.15, -0.1) is 0 Å². The molecule has 0 spiro atoms. The van der Waals surface area contributed by atoms with E-state index in [4.69, 9.17) is 0 Å². The first-order valence-corrected chi connectivity index (χ1v) is 8.42. The van der Waals surface area contributed by atoms with Crippen molar-refractivity contribution < 1.29 is 18.7 Å². The smallest absolute Gasteiger partial charge is 0.318 e. The minimum absolute atomic E-state index is 0.186. The van der Waals surface area contributed by atoms with Crippen molar-refractivity contribution in [2.75, 3.05) is 13.1 Å². The van der Waals surface area contributed by atoms with Gasteiger partial charge in [0.25, 0.3) is 0 Å². The molecular weight excluding hydrogens is 314 g/mol. The predicted octanol–water partition coefficient (Wildman–Crippen LogP) is 3.15. The van der Waals surface area contributed by atoms with Gasteiger partial charge >= 0.3 is 6.03 Å². The highest BCUT2D eigenvalue weighted by Crippen LogP contribution is 2.47. The number of hydrogen-bond donors (Lipinski definition) is 2. The molecule has 6 heteroatoms. The normalized spacial score (nSPS) is 25.0. The molecule has 2 aliphatic rings. The second-order valence-electron chi connectivity index (χ2n) is 7.87. The Hall–Kier alpha value is -1.69. The number of rotatable bonds is 2. The lowest BCUT2D eigenvalue weighted by molar-refractivity contribution is 0.121. The van der Waals surface area contributed by atoms with Gasteiger partial charge in [0.1, 0.15) is 11.6 Å². The van der Waals surface area contributed by atoms with E-state index in [9.17, 15) is 18.7 Å². The molecule has 0 aromatic heterocycles. The second kappa shape index (κ2) is 5.99. The van der Waals surface area contributed by atoms with Crippen molar-refractivity contribution in [1.82, 2.24) is 10.2 Å². The molecule has 1 saturated heterocycles. The maximum absolute atomic E-state index is 14.1. The van der Waals surface area contributed by atoms with Crippen LogP contribution in [0, 0.1) is 17.0 Å². The number of hydrogen-bond acceptors (Lipinski definition) is 2. The summed E-state index contributed by atoms with van der Waals surface area (Å²) < 4.78 is 27.6. The highest BCUT2D eigenvalue weighted by molar-refractivity contribution is 5.76. The van der Waals surface area contributed by atoms with E-state index in [1.807, 2.05) is 13.8 Å². The van der Waals surface area contributed by atoms with Crippen molar-refractivity contribution >= 4 is 6.03 Å². The van der Waals surface area contributed by atoms with Crippen LogP contribution < -0.4 is 5.32 Å². The Bertz CT molecular complexity index is 644. The maximum atomic E-state index is 14.1. The van der Waals surface area contributed by atoms with Gasteiger partial charge in [-0.25, -0.2) is 13.6 Å². The molecule has 1 saturated carbocycles. The van der Waals surface area contributed by atoms with Crippen LogP contribution in [0.15, 0.2) is 18.2 Å². The number of aliphatic hydroxyl groups excluding tert-OH is 1. The topological polar surface area (TPSA) is 52.6 Å². The standard InChI is InChI=1S/C18H24F2N2O2/c1-17(2)10-13(23)5-8-22(11-17)16(24)21-18(6-7-18)14-9-12(19)3-4-15(14)20/h3-4,9,13,23H,5-8,10-11H2,1-2H3,(H,21,24)/t13-/m1/s1. The van der Waals surface area contributed by atoms with Crippen LogP contribution in [0.4, 0.5) is 13.6 Å². The Kier molecular flexibility index (Phi) is 4.28. The average Bonchev–Trinajstić information content (AvgIpc) is 3.26. The van der Waals surface area contributed by atoms with Crippen molar-refractivity contribution in [2.24, 2.45) is 5.41 Å². The largest absolute Gasteiger partial charge is 0.393 e. The average molecular weight is 338 g/mol. The number of likely N-dealkylation sites (tertiary alicyclic amines) is 1. The number of nitrogens with one attached hydrogen (secondary N) is 1. The Labute approximate surface area is 140 Å². The molecule has 0 radical (unpaired) electrons. The first-order chi connectivity index (χ1) is 11.2. The Morgan fingerprint density at radius 2 is 2.04 bits per heavy atom. The molecule has 1 aliphatic carbocycles. The lowest BCUT2D eigenvalue weighted by Crippen LogP contribution is -2.47. The number of aliphatic hydroxyl groups is 1. The third-order valence-electron chi connectivity index (χ3n) is 4.97. The fourth-order valence-corrected chi connectivity index (χ4v) is 3.61. The van der Waals surface area contributed by atoms with Crippen LogP contribution in [-0.2, 0) is 5.54 Å². The minimum atomic E-state index is -0.807. The molecule has 2 N–H and O–H groups in total. The van der Waals surface area contributed by atoms with Gasteiger partial charge in [-0.05, 0) is 49.3 Å². The maximum Gasteiger partial charge on any atom is 0.318 e. The summed E-state index contributed by atoms with van der Waals surface area (Å²) in [5.41, 5.74) is -0.781. The molecule has 2 amide bonds. The van der Waals surface area contributed by atoms with Crippen LogP contribution in [0.1, 0.15) is 45.1 Å². The fraction of sp³-hybridized carbons (Fsp3) is 0.611. The summed E-state index contributed by atoms with van der Waals surface area (Å²) in [5, 5.41) is 12.9. The molecule has 1 aromatic rings. The number of carbonyl (C=O) groups is 1. The van der Waals surface area contributed by atoms with E-state index in [-0.39, 0.29) is 17.0 Å². The number of amides is 2. The molecule has 0 unspecified atom stereocenters. The minimum Gasteiger partial charge on any atom is -0.393 e. The number of urea groups is 1. The number of nitrogens with zero attached hydrogens (tertiary/aromatic N) is 1. The van der Waals surface area contributed by atoms with Gasteiger partial charge in [0, 0.05) is 18.7 Å². The Morgan fingerprint density at radius 3 is 2.71 bits per heavy atom. The SMILES string of the molecule is CC1(C)C[C@H](O)CCN(C(=O)NC2(c3cc(F)ccc3F)CC2)C1. The summed E-state index contributed by atoms with van der Waals surface area (Å²) in [6.45, 7) is 5.01. The van der Waals surface area contributed by atoms with Gasteiger partial charge in [-0.3, -0.25) is 0 Å². The van der Waals surface area contributed by atoms with Crippen LogP contribution in [0.25, 0.3) is 0 Å². The van der Waals surface area contributed by atoms with Gasteiger partial charge in [0.15, 0.2) is 0 Å². The molecule has 1 heterocycles. The number of benzene rings is 1. The molecule has 1 aromatic carbocycles. The van der Waals surface area contributed by atoms with Gasteiger partial charge in [0.05, 0.1) is 11.6 Å². The van der Waals surface area contributed by atoms with E-state index in [1.165, 1.54) is 6.07 Å². The lowest BCUT2D eigenvalue weighted by atomic mass is 9.87. The molecule has 24 heavy (non-hydrogen) atoms. The van der Waals surface area contributed by atoms with Crippen LogP contribution in [0.5, 0.6) is 0 Å². The van der Waals surface area contributed by atoms with Gasteiger partial charge < -0.3 is 15.3 Å². The molecule has 3 rings (SSSR count). The van der Waals surface area contributed by atoms with Crippen LogP contribution >= 0.6 is 0 Å². The van der Waals surface area contributed by atoms with Crippen LogP contribution in [0.3, 0.4) is 0 Å². The van der Waals surface area contributed by atoms with E-state index in [1.54, 1.807) is 4.90 Å². The first-order valence-electron chi connectivity index (χ1n) is 8.42. The second-order valence-corrected chi connectivity index (χ2v) is 7.87. The van der Waals surface area contributed by atoms with Gasteiger partial charge in [0.2, 0.25) is 0 Å². The zero-order chi connectivity index (χ0) is 17.5. The monoisotopic (exact) mass is 338 g/mol. The highest BCUT2D eigenvalue weighted by Gasteiger charge is 2.48. The van der Waals surface area contributed by atoms with Gasteiger partial charge in [-0.2, -0.15) is 0 Å². The number of carbonyl (C=O) groups excluding carboxylic acids is 1. The van der Waals surface area contributed by atoms with Gasteiger partial charge in [-0.1, -0.05) is 13.8 Å². The van der Waals surface area contributed by atoms with Crippen molar-refractivity contribution in [2.45, 2.75) is 51.2 Å². The van der Waals surface area contributed by atoms with Crippen LogP contribution in [0.2, 0.25) is 0 Å². The third kappa shape index (κ3) is 3.53. The quantitative estimate of drug-likeness (QED) is 0.870. The summed E-state index contributed by atoms with van der Waals surface area (Å²) in [6, 6.07) is 3.06. The predicted molar refractivity (Wildman–Crippen MR) is 86.4 cm³/mol. The van der Waals surface area contributed by atoms with E-state index >= 15 is 0 Å². The summed E-state index contributed by atoms with van der Waals surface area (Å²) >= 11 is 0.